The normalized spacial score (nSPS) is 15.2. The summed E-state index contributed by atoms with van der Waals surface area (Å²) in [6, 6.07) is 12.7. The van der Waals surface area contributed by atoms with Crippen molar-refractivity contribution < 1.29 is 18.7 Å². The summed E-state index contributed by atoms with van der Waals surface area (Å²) in [7, 11) is 0. The highest BCUT2D eigenvalue weighted by Crippen LogP contribution is 2.31. The molecule has 0 fully saturated rings. The molecule has 4 aromatic rings. The first kappa shape index (κ1) is 17.1. The van der Waals surface area contributed by atoms with E-state index < -0.39 is 0 Å². The van der Waals surface area contributed by atoms with Gasteiger partial charge in [0.25, 0.3) is 5.91 Å². The summed E-state index contributed by atoms with van der Waals surface area (Å²) in [6.45, 7) is 0.927. The predicted octanol–water partition coefficient (Wildman–Crippen LogP) is 2.96. The van der Waals surface area contributed by atoms with Gasteiger partial charge in [-0.2, -0.15) is 10.2 Å². The van der Waals surface area contributed by atoms with Gasteiger partial charge in [-0.1, -0.05) is 12.1 Å². The highest BCUT2D eigenvalue weighted by atomic mass is 16.6. The molecule has 1 aliphatic rings. The smallest absolute Gasteiger partial charge is 0.276 e. The molecule has 29 heavy (non-hydrogen) atoms. The van der Waals surface area contributed by atoms with E-state index in [-0.39, 0.29) is 17.7 Å². The molecule has 0 spiro atoms. The standard InChI is InChI=1S/C20H17N5O4/c26-20(16-8-15(23-24-16)17-6-3-7-27-17)22-13-9-21-25(10-13)11-14-12-28-18-4-1-2-5-19(18)29-14/h1-10,14H,11-12H2,(H,22,26)(H,23,24). The van der Waals surface area contributed by atoms with Gasteiger partial charge in [-0.25, -0.2) is 0 Å². The van der Waals surface area contributed by atoms with Crippen LogP contribution in [0.5, 0.6) is 11.5 Å². The molecule has 0 bridgehead atoms. The average Bonchev–Trinajstić information content (AvgIpc) is 3.49. The van der Waals surface area contributed by atoms with E-state index in [1.165, 1.54) is 0 Å². The Balaban J connectivity index is 1.21. The highest BCUT2D eigenvalue weighted by molar-refractivity contribution is 6.03. The number of hydrogen-bond donors (Lipinski definition) is 2. The minimum absolute atomic E-state index is 0.171. The fourth-order valence-electron chi connectivity index (χ4n) is 3.08. The van der Waals surface area contributed by atoms with Gasteiger partial charge >= 0.3 is 0 Å². The Morgan fingerprint density at radius 2 is 2.14 bits per heavy atom. The van der Waals surface area contributed by atoms with Gasteiger partial charge in [-0.3, -0.25) is 14.6 Å². The number of nitrogens with zero attached hydrogens (tertiary/aromatic N) is 3. The molecule has 1 atom stereocenters. The van der Waals surface area contributed by atoms with Crippen molar-refractivity contribution in [2.45, 2.75) is 12.6 Å². The van der Waals surface area contributed by atoms with Crippen molar-refractivity contribution in [2.24, 2.45) is 0 Å². The van der Waals surface area contributed by atoms with Crippen LogP contribution in [-0.4, -0.2) is 38.6 Å². The average molecular weight is 391 g/mol. The summed E-state index contributed by atoms with van der Waals surface area (Å²) in [4.78, 5) is 12.4. The topological polar surface area (TPSA) is 107 Å². The number of carbonyl (C=O) groups excluding carboxylic acids is 1. The van der Waals surface area contributed by atoms with E-state index in [0.717, 1.165) is 11.5 Å². The maximum absolute atomic E-state index is 12.4. The number of ether oxygens (including phenoxy) is 2. The lowest BCUT2D eigenvalue weighted by Gasteiger charge is -2.26. The lowest BCUT2D eigenvalue weighted by Crippen LogP contribution is -2.33. The van der Waals surface area contributed by atoms with Crippen molar-refractivity contribution in [2.75, 3.05) is 11.9 Å². The second-order valence-electron chi connectivity index (χ2n) is 6.55. The van der Waals surface area contributed by atoms with Crippen molar-refractivity contribution in [3.8, 4) is 23.0 Å². The minimum atomic E-state index is -0.343. The van der Waals surface area contributed by atoms with Gasteiger partial charge in [0.15, 0.2) is 29.1 Å². The molecule has 3 aromatic heterocycles. The van der Waals surface area contributed by atoms with Crippen LogP contribution in [0.2, 0.25) is 0 Å². The van der Waals surface area contributed by atoms with Gasteiger partial charge in [0, 0.05) is 12.3 Å². The van der Waals surface area contributed by atoms with E-state index in [9.17, 15) is 4.79 Å². The number of para-hydroxylation sites is 2. The summed E-state index contributed by atoms with van der Waals surface area (Å²) >= 11 is 0. The number of carbonyl (C=O) groups is 1. The van der Waals surface area contributed by atoms with Gasteiger partial charge in [0.1, 0.15) is 12.3 Å². The fraction of sp³-hybridized carbons (Fsp3) is 0.150. The molecule has 9 nitrogen and oxygen atoms in total. The molecule has 2 N–H and O–H groups in total. The molecule has 0 saturated carbocycles. The van der Waals surface area contributed by atoms with Crippen molar-refractivity contribution >= 4 is 11.6 Å². The number of hydrogen-bond acceptors (Lipinski definition) is 6. The molecular formula is C20H17N5O4. The van der Waals surface area contributed by atoms with Crippen LogP contribution in [-0.2, 0) is 6.54 Å². The Morgan fingerprint density at radius 3 is 3.00 bits per heavy atom. The molecule has 1 amide bonds. The van der Waals surface area contributed by atoms with Crippen LogP contribution in [0.3, 0.4) is 0 Å². The maximum atomic E-state index is 12.4. The number of amides is 1. The van der Waals surface area contributed by atoms with Crippen molar-refractivity contribution in [3.63, 3.8) is 0 Å². The third kappa shape index (κ3) is 3.57. The second-order valence-corrected chi connectivity index (χ2v) is 6.55. The molecule has 5 rings (SSSR count). The first-order valence-corrected chi connectivity index (χ1v) is 9.06. The molecule has 146 valence electrons. The molecule has 1 aliphatic heterocycles. The van der Waals surface area contributed by atoms with Crippen LogP contribution in [0.4, 0.5) is 5.69 Å². The van der Waals surface area contributed by atoms with E-state index in [2.05, 4.69) is 20.6 Å². The Morgan fingerprint density at radius 1 is 1.24 bits per heavy atom. The number of H-pyrrole nitrogens is 1. The zero-order valence-electron chi connectivity index (χ0n) is 15.2. The van der Waals surface area contributed by atoms with Crippen molar-refractivity contribution in [1.29, 1.82) is 0 Å². The van der Waals surface area contributed by atoms with E-state index in [0.29, 0.717) is 30.3 Å². The monoisotopic (exact) mass is 391 g/mol. The third-order valence-corrected chi connectivity index (χ3v) is 4.45. The van der Waals surface area contributed by atoms with Crippen LogP contribution in [0, 0.1) is 0 Å². The maximum Gasteiger partial charge on any atom is 0.276 e. The number of nitrogens with one attached hydrogen (secondary N) is 2. The van der Waals surface area contributed by atoms with Crippen molar-refractivity contribution in [3.05, 3.63) is 66.8 Å². The van der Waals surface area contributed by atoms with E-state index in [4.69, 9.17) is 13.9 Å². The third-order valence-electron chi connectivity index (χ3n) is 4.45. The van der Waals surface area contributed by atoms with Gasteiger partial charge in [-0.05, 0) is 24.3 Å². The molecule has 0 radical (unpaired) electrons. The van der Waals surface area contributed by atoms with Crippen LogP contribution in [0.1, 0.15) is 10.5 Å². The minimum Gasteiger partial charge on any atom is -0.486 e. The summed E-state index contributed by atoms with van der Waals surface area (Å²) in [5.41, 5.74) is 1.45. The zero-order chi connectivity index (χ0) is 19.6. The summed E-state index contributed by atoms with van der Waals surface area (Å²) in [5, 5.41) is 13.9. The number of aromatic amines is 1. The zero-order valence-corrected chi connectivity index (χ0v) is 15.2. The molecule has 4 heterocycles. The number of benzene rings is 1. The lowest BCUT2D eigenvalue weighted by molar-refractivity contribution is 0.0759. The summed E-state index contributed by atoms with van der Waals surface area (Å²) < 4.78 is 18.6. The first-order valence-electron chi connectivity index (χ1n) is 9.06. The van der Waals surface area contributed by atoms with Gasteiger partial charge in [0.05, 0.1) is 24.7 Å². The number of rotatable bonds is 5. The van der Waals surface area contributed by atoms with Gasteiger partial charge in [0.2, 0.25) is 0 Å². The fourth-order valence-corrected chi connectivity index (χ4v) is 3.08. The largest absolute Gasteiger partial charge is 0.486 e. The number of fused-ring (bicyclic) bond motifs is 1. The summed E-state index contributed by atoms with van der Waals surface area (Å²) in [5.74, 6) is 1.73. The SMILES string of the molecule is O=C(Nc1cnn(CC2COc3ccccc3O2)c1)c1cc(-c2ccco2)[nH]n1. The number of furan rings is 1. The Labute approximate surface area is 165 Å². The van der Waals surface area contributed by atoms with E-state index in [1.54, 1.807) is 41.5 Å². The van der Waals surface area contributed by atoms with Gasteiger partial charge in [-0.15, -0.1) is 0 Å². The van der Waals surface area contributed by atoms with Gasteiger partial charge < -0.3 is 19.2 Å². The van der Waals surface area contributed by atoms with Crippen LogP contribution in [0.25, 0.3) is 11.5 Å². The number of anilines is 1. The number of aromatic nitrogens is 4. The molecule has 1 unspecified atom stereocenters. The molecule has 0 aliphatic carbocycles. The quantitative estimate of drug-likeness (QED) is 0.542. The van der Waals surface area contributed by atoms with Crippen LogP contribution in [0.15, 0.2) is 65.5 Å². The Kier molecular flexibility index (Phi) is 4.24. The Hall–Kier alpha value is -4.01. The van der Waals surface area contributed by atoms with Crippen LogP contribution < -0.4 is 14.8 Å². The van der Waals surface area contributed by atoms with E-state index in [1.807, 2.05) is 24.3 Å². The van der Waals surface area contributed by atoms with Crippen LogP contribution >= 0.6 is 0 Å². The molecule has 9 heteroatoms. The highest BCUT2D eigenvalue weighted by Gasteiger charge is 2.21. The second kappa shape index (κ2) is 7.19. The molecule has 1 aromatic carbocycles. The van der Waals surface area contributed by atoms with Crippen molar-refractivity contribution in [1.82, 2.24) is 20.0 Å². The predicted molar refractivity (Wildman–Crippen MR) is 103 cm³/mol. The summed E-state index contributed by atoms with van der Waals surface area (Å²) in [6.07, 6.45) is 4.71. The molecular weight excluding hydrogens is 374 g/mol. The molecule has 0 saturated heterocycles. The first-order chi connectivity index (χ1) is 14.2. The van der Waals surface area contributed by atoms with E-state index >= 15 is 0 Å². The Bertz CT molecular complexity index is 1130. The lowest BCUT2D eigenvalue weighted by atomic mass is 10.2.